The zero-order chi connectivity index (χ0) is 18.1. The number of carbonyl (C=O) groups is 1. The van der Waals surface area contributed by atoms with Crippen molar-refractivity contribution in [3.63, 3.8) is 0 Å². The highest BCUT2D eigenvalue weighted by Gasteiger charge is 2.06. The minimum atomic E-state index is -0.0425. The van der Waals surface area contributed by atoms with Gasteiger partial charge in [0.05, 0.1) is 17.2 Å². The fourth-order valence-electron chi connectivity index (χ4n) is 2.31. The lowest BCUT2D eigenvalue weighted by atomic mass is 10.2. The quantitative estimate of drug-likeness (QED) is 0.402. The average Bonchev–Trinajstić information content (AvgIpc) is 2.95. The predicted octanol–water partition coefficient (Wildman–Crippen LogP) is 2.25. The minimum absolute atomic E-state index is 0.0425. The summed E-state index contributed by atoms with van der Waals surface area (Å²) in [6.07, 6.45) is 0.817. The van der Waals surface area contributed by atoms with E-state index in [1.54, 1.807) is 18.4 Å². The maximum absolute atomic E-state index is 11.9. The molecule has 0 bridgehead atoms. The number of carbonyl (C=O) groups excluding carboxylic acids is 1. The van der Waals surface area contributed by atoms with Crippen molar-refractivity contribution < 1.29 is 4.79 Å². The summed E-state index contributed by atoms with van der Waals surface area (Å²) in [7, 11) is 1.75. The van der Waals surface area contributed by atoms with Crippen molar-refractivity contribution in [2.75, 3.05) is 20.1 Å². The molecule has 2 aromatic rings. The molecule has 0 aliphatic carbocycles. The molecule has 1 heterocycles. The van der Waals surface area contributed by atoms with Crippen LogP contribution in [0.4, 0.5) is 0 Å². The van der Waals surface area contributed by atoms with Gasteiger partial charge in [0.25, 0.3) is 5.91 Å². The minimum Gasteiger partial charge on any atom is -0.356 e. The maximum Gasteiger partial charge on any atom is 0.251 e. The Morgan fingerprint density at radius 3 is 2.48 bits per heavy atom. The Kier molecular flexibility index (Phi) is 7.40. The number of nitrogens with zero attached hydrogens (tertiary/aromatic N) is 2. The van der Waals surface area contributed by atoms with Crippen LogP contribution in [-0.4, -0.2) is 37.0 Å². The van der Waals surface area contributed by atoms with Gasteiger partial charge < -0.3 is 16.0 Å². The molecule has 2 rings (SSSR count). The molecule has 0 aliphatic rings. The second-order valence-corrected chi connectivity index (χ2v) is 6.86. The van der Waals surface area contributed by atoms with E-state index < -0.39 is 0 Å². The van der Waals surface area contributed by atoms with Crippen LogP contribution in [-0.2, 0) is 6.54 Å². The summed E-state index contributed by atoms with van der Waals surface area (Å²) in [5.74, 6) is 0.707. The monoisotopic (exact) mass is 359 g/mol. The van der Waals surface area contributed by atoms with E-state index in [0.717, 1.165) is 29.6 Å². The zero-order valence-electron chi connectivity index (χ0n) is 14.9. The van der Waals surface area contributed by atoms with E-state index in [2.05, 4.69) is 25.9 Å². The Morgan fingerprint density at radius 1 is 1.12 bits per heavy atom. The summed E-state index contributed by atoms with van der Waals surface area (Å²) in [6, 6.07) is 9.23. The standard InChI is InChI=1S/C18H25N5OS/c1-13-16(25-14(2)23-13)12-22-18(19-3)21-11-7-10-20-17(24)15-8-5-4-6-9-15/h4-6,8-9H,7,10-12H2,1-3H3,(H,20,24)(H2,19,21,22). The first-order valence-corrected chi connectivity index (χ1v) is 9.12. The molecule has 0 saturated carbocycles. The molecule has 0 radical (unpaired) electrons. The van der Waals surface area contributed by atoms with E-state index in [0.29, 0.717) is 18.7 Å². The molecule has 25 heavy (non-hydrogen) atoms. The van der Waals surface area contributed by atoms with Gasteiger partial charge in [0.2, 0.25) is 0 Å². The molecule has 1 amide bonds. The fourth-order valence-corrected chi connectivity index (χ4v) is 3.19. The third-order valence-corrected chi connectivity index (χ3v) is 4.68. The maximum atomic E-state index is 11.9. The molecular formula is C18H25N5OS. The van der Waals surface area contributed by atoms with Gasteiger partial charge in [-0.25, -0.2) is 4.98 Å². The van der Waals surface area contributed by atoms with Crippen LogP contribution in [0.25, 0.3) is 0 Å². The summed E-state index contributed by atoms with van der Waals surface area (Å²) < 4.78 is 0. The van der Waals surface area contributed by atoms with Crippen LogP contribution in [0.5, 0.6) is 0 Å². The Morgan fingerprint density at radius 2 is 1.84 bits per heavy atom. The summed E-state index contributed by atoms with van der Waals surface area (Å²) in [6.45, 7) is 6.09. The molecule has 7 heteroatoms. The number of amides is 1. The lowest BCUT2D eigenvalue weighted by molar-refractivity contribution is 0.0953. The van der Waals surface area contributed by atoms with Crippen LogP contribution < -0.4 is 16.0 Å². The Bertz CT molecular complexity index is 712. The van der Waals surface area contributed by atoms with Gasteiger partial charge in [-0.1, -0.05) is 18.2 Å². The number of benzene rings is 1. The smallest absolute Gasteiger partial charge is 0.251 e. The third-order valence-electron chi connectivity index (χ3n) is 3.61. The van der Waals surface area contributed by atoms with Crippen LogP contribution in [0.3, 0.4) is 0 Å². The van der Waals surface area contributed by atoms with Gasteiger partial charge in [-0.05, 0) is 32.4 Å². The van der Waals surface area contributed by atoms with Gasteiger partial charge in [-0.3, -0.25) is 9.79 Å². The highest BCUT2D eigenvalue weighted by Crippen LogP contribution is 2.16. The summed E-state index contributed by atoms with van der Waals surface area (Å²) in [4.78, 5) is 21.8. The number of rotatable bonds is 7. The number of nitrogens with one attached hydrogen (secondary N) is 3. The van der Waals surface area contributed by atoms with Crippen molar-refractivity contribution in [1.82, 2.24) is 20.9 Å². The van der Waals surface area contributed by atoms with E-state index >= 15 is 0 Å². The first-order chi connectivity index (χ1) is 12.1. The molecule has 6 nitrogen and oxygen atoms in total. The zero-order valence-corrected chi connectivity index (χ0v) is 15.7. The van der Waals surface area contributed by atoms with E-state index in [9.17, 15) is 4.79 Å². The summed E-state index contributed by atoms with van der Waals surface area (Å²) in [5.41, 5.74) is 1.75. The van der Waals surface area contributed by atoms with Crippen molar-refractivity contribution >= 4 is 23.2 Å². The largest absolute Gasteiger partial charge is 0.356 e. The number of guanidine groups is 1. The van der Waals surface area contributed by atoms with Gasteiger partial charge in [-0.15, -0.1) is 11.3 Å². The van der Waals surface area contributed by atoms with Crippen molar-refractivity contribution in [3.8, 4) is 0 Å². The lowest BCUT2D eigenvalue weighted by Gasteiger charge is -2.11. The van der Waals surface area contributed by atoms with Gasteiger partial charge in [-0.2, -0.15) is 0 Å². The molecule has 134 valence electrons. The van der Waals surface area contributed by atoms with E-state index in [1.165, 1.54) is 4.88 Å². The number of thiazole rings is 1. The second kappa shape index (κ2) is 9.78. The highest BCUT2D eigenvalue weighted by molar-refractivity contribution is 7.11. The van der Waals surface area contributed by atoms with Gasteiger partial charge in [0, 0.05) is 30.6 Å². The summed E-state index contributed by atoms with van der Waals surface area (Å²) in [5, 5.41) is 10.5. The Balaban J connectivity index is 1.64. The molecule has 3 N–H and O–H groups in total. The Labute approximate surface area is 152 Å². The van der Waals surface area contributed by atoms with Crippen molar-refractivity contribution in [2.24, 2.45) is 4.99 Å². The molecular weight excluding hydrogens is 334 g/mol. The van der Waals surface area contributed by atoms with Gasteiger partial charge in [0.15, 0.2) is 5.96 Å². The molecule has 0 fully saturated rings. The van der Waals surface area contributed by atoms with Gasteiger partial charge in [0.1, 0.15) is 0 Å². The summed E-state index contributed by atoms with van der Waals surface area (Å²) >= 11 is 1.70. The number of aryl methyl sites for hydroxylation is 2. The van der Waals surface area contributed by atoms with Crippen molar-refractivity contribution in [2.45, 2.75) is 26.8 Å². The van der Waals surface area contributed by atoms with E-state index in [4.69, 9.17) is 0 Å². The fraction of sp³-hybridized carbons (Fsp3) is 0.389. The number of hydrogen-bond donors (Lipinski definition) is 3. The predicted molar refractivity (Wildman–Crippen MR) is 103 cm³/mol. The Hall–Kier alpha value is -2.41. The first kappa shape index (κ1) is 18.9. The van der Waals surface area contributed by atoms with E-state index in [1.807, 2.05) is 44.2 Å². The van der Waals surface area contributed by atoms with Crippen LogP contribution in [0, 0.1) is 13.8 Å². The topological polar surface area (TPSA) is 78.4 Å². The van der Waals surface area contributed by atoms with Crippen LogP contribution in [0.2, 0.25) is 0 Å². The normalized spacial score (nSPS) is 11.2. The number of hydrogen-bond acceptors (Lipinski definition) is 4. The van der Waals surface area contributed by atoms with Crippen LogP contribution >= 0.6 is 11.3 Å². The molecule has 1 aromatic heterocycles. The number of aromatic nitrogens is 1. The molecule has 0 aliphatic heterocycles. The van der Waals surface area contributed by atoms with Crippen LogP contribution in [0.1, 0.15) is 32.4 Å². The highest BCUT2D eigenvalue weighted by atomic mass is 32.1. The second-order valence-electron chi connectivity index (χ2n) is 5.57. The van der Waals surface area contributed by atoms with Crippen molar-refractivity contribution in [3.05, 3.63) is 51.5 Å². The van der Waals surface area contributed by atoms with E-state index in [-0.39, 0.29) is 5.91 Å². The molecule has 0 saturated heterocycles. The molecule has 1 aromatic carbocycles. The average molecular weight is 359 g/mol. The third kappa shape index (κ3) is 6.19. The lowest BCUT2D eigenvalue weighted by Crippen LogP contribution is -2.38. The van der Waals surface area contributed by atoms with Crippen LogP contribution in [0.15, 0.2) is 35.3 Å². The number of aliphatic imine (C=N–C) groups is 1. The SMILES string of the molecule is CN=C(NCCCNC(=O)c1ccccc1)NCc1sc(C)nc1C. The van der Waals surface area contributed by atoms with Crippen molar-refractivity contribution in [1.29, 1.82) is 0 Å². The molecule has 0 spiro atoms. The molecule has 0 atom stereocenters. The molecule has 0 unspecified atom stereocenters. The van der Waals surface area contributed by atoms with Gasteiger partial charge >= 0.3 is 0 Å². The first-order valence-electron chi connectivity index (χ1n) is 8.31.